The van der Waals surface area contributed by atoms with Crippen LogP contribution >= 0.6 is 0 Å². The Morgan fingerprint density at radius 3 is 2.29 bits per heavy atom. The van der Waals surface area contributed by atoms with E-state index in [1.54, 1.807) is 6.92 Å². The first-order valence-electron chi connectivity index (χ1n) is 9.58. The summed E-state index contributed by atoms with van der Waals surface area (Å²) in [5, 5.41) is 3.22. The molecule has 6 heteroatoms. The average Bonchev–Trinajstić information content (AvgIpc) is 2.96. The second kappa shape index (κ2) is 7.49. The fraction of sp³-hybridized carbons (Fsp3) is 0.409. The molecule has 1 aromatic heterocycles. The second-order valence-electron chi connectivity index (χ2n) is 7.33. The van der Waals surface area contributed by atoms with E-state index >= 15 is 0 Å². The summed E-state index contributed by atoms with van der Waals surface area (Å²) in [6.07, 6.45) is -2.26. The number of hydrogen-bond acceptors (Lipinski definition) is 2. The Kier molecular flexibility index (Phi) is 5.41. The number of hydrogen-bond donors (Lipinski definition) is 1. The minimum atomic E-state index is -4.34. The van der Waals surface area contributed by atoms with Crippen molar-refractivity contribution in [3.05, 3.63) is 52.6 Å². The molecule has 0 atom stereocenters. The number of nitrogens with one attached hydrogen (secondary N) is 1. The lowest BCUT2D eigenvalue weighted by Crippen LogP contribution is -2.07. The number of imidazole rings is 1. The van der Waals surface area contributed by atoms with Crippen molar-refractivity contribution in [3.8, 4) is 0 Å². The molecule has 1 N–H and O–H groups in total. The van der Waals surface area contributed by atoms with Crippen LogP contribution in [0.2, 0.25) is 0 Å². The smallest absolute Gasteiger partial charge is 0.325 e. The predicted molar refractivity (Wildman–Crippen MR) is 108 cm³/mol. The van der Waals surface area contributed by atoms with Crippen LogP contribution in [0.15, 0.2) is 30.3 Å². The van der Waals surface area contributed by atoms with Gasteiger partial charge in [-0.1, -0.05) is 26.0 Å². The lowest BCUT2D eigenvalue weighted by atomic mass is 9.92. The molecule has 0 saturated carbocycles. The molecule has 1 heterocycles. The number of rotatable bonds is 5. The highest BCUT2D eigenvalue weighted by Crippen LogP contribution is 2.35. The highest BCUT2D eigenvalue weighted by atomic mass is 19.4. The van der Waals surface area contributed by atoms with Crippen LogP contribution < -0.4 is 5.32 Å². The molecule has 0 amide bonds. The molecule has 150 valence electrons. The first-order chi connectivity index (χ1) is 13.2. The number of anilines is 2. The van der Waals surface area contributed by atoms with Gasteiger partial charge in [-0.05, 0) is 67.5 Å². The molecule has 0 saturated heterocycles. The quantitative estimate of drug-likeness (QED) is 0.517. The van der Waals surface area contributed by atoms with Crippen molar-refractivity contribution in [3.63, 3.8) is 0 Å². The van der Waals surface area contributed by atoms with Crippen LogP contribution in [-0.4, -0.2) is 9.55 Å². The Bertz CT molecular complexity index is 998. The molecular formula is C22H26F3N3. The van der Waals surface area contributed by atoms with Gasteiger partial charge in [-0.25, -0.2) is 4.98 Å². The molecule has 2 aromatic carbocycles. The molecule has 3 aromatic rings. The lowest BCUT2D eigenvalue weighted by Gasteiger charge is -2.16. The van der Waals surface area contributed by atoms with Crippen LogP contribution in [0.5, 0.6) is 0 Å². The summed E-state index contributed by atoms with van der Waals surface area (Å²) in [7, 11) is 1.95. The lowest BCUT2D eigenvalue weighted by molar-refractivity contribution is -0.137. The van der Waals surface area contributed by atoms with Crippen LogP contribution in [-0.2, 0) is 13.2 Å². The third-order valence-electron chi connectivity index (χ3n) is 5.48. The van der Waals surface area contributed by atoms with Crippen molar-refractivity contribution in [2.45, 2.75) is 52.6 Å². The van der Waals surface area contributed by atoms with Crippen molar-refractivity contribution >= 4 is 22.7 Å². The average molecular weight is 389 g/mol. The summed E-state index contributed by atoms with van der Waals surface area (Å²) in [6, 6.07) is 7.98. The van der Waals surface area contributed by atoms with Gasteiger partial charge in [-0.3, -0.25) is 0 Å². The third-order valence-corrected chi connectivity index (χ3v) is 5.48. The summed E-state index contributed by atoms with van der Waals surface area (Å²) in [5.74, 6) is 1.07. The maximum absolute atomic E-state index is 12.9. The van der Waals surface area contributed by atoms with Crippen LogP contribution in [0.1, 0.15) is 54.9 Å². The molecule has 0 spiro atoms. The highest BCUT2D eigenvalue weighted by Gasteiger charge is 2.30. The zero-order valence-electron chi connectivity index (χ0n) is 16.9. The van der Waals surface area contributed by atoms with Gasteiger partial charge < -0.3 is 9.88 Å². The Morgan fingerprint density at radius 1 is 1.04 bits per heavy atom. The molecule has 0 unspecified atom stereocenters. The monoisotopic (exact) mass is 389 g/mol. The van der Waals surface area contributed by atoms with E-state index in [1.807, 2.05) is 18.5 Å². The molecule has 3 nitrogen and oxygen atoms in total. The zero-order valence-corrected chi connectivity index (χ0v) is 16.9. The number of nitrogens with zero attached hydrogens (tertiary/aromatic N) is 2. The Hall–Kier alpha value is -2.50. The number of halogens is 3. The molecule has 0 radical (unpaired) electrons. The van der Waals surface area contributed by atoms with Gasteiger partial charge in [-0.15, -0.1) is 0 Å². The van der Waals surface area contributed by atoms with Gasteiger partial charge in [-0.2, -0.15) is 13.2 Å². The maximum atomic E-state index is 12.9. The minimum absolute atomic E-state index is 0.444. The summed E-state index contributed by atoms with van der Waals surface area (Å²) >= 11 is 0. The van der Waals surface area contributed by atoms with Crippen molar-refractivity contribution in [1.82, 2.24) is 9.55 Å². The topological polar surface area (TPSA) is 29.9 Å². The Labute approximate surface area is 163 Å². The Morgan fingerprint density at radius 2 is 1.71 bits per heavy atom. The zero-order chi connectivity index (χ0) is 20.6. The van der Waals surface area contributed by atoms with Crippen molar-refractivity contribution in [2.24, 2.45) is 7.05 Å². The van der Waals surface area contributed by atoms with Crippen molar-refractivity contribution in [1.29, 1.82) is 0 Å². The molecule has 0 bridgehead atoms. The van der Waals surface area contributed by atoms with E-state index in [1.165, 1.54) is 11.6 Å². The third kappa shape index (κ3) is 3.60. The van der Waals surface area contributed by atoms with Gasteiger partial charge >= 0.3 is 6.18 Å². The number of benzene rings is 2. The maximum Gasteiger partial charge on any atom is 0.416 e. The molecule has 0 aliphatic carbocycles. The van der Waals surface area contributed by atoms with E-state index < -0.39 is 11.7 Å². The number of alkyl halides is 3. The van der Waals surface area contributed by atoms with E-state index in [9.17, 15) is 13.2 Å². The van der Waals surface area contributed by atoms with E-state index in [0.29, 0.717) is 23.1 Å². The van der Waals surface area contributed by atoms with E-state index in [-0.39, 0.29) is 0 Å². The van der Waals surface area contributed by atoms with E-state index in [2.05, 4.69) is 31.3 Å². The van der Waals surface area contributed by atoms with Gasteiger partial charge in [0.25, 0.3) is 0 Å². The predicted octanol–water partition coefficient (Wildman–Crippen LogP) is 6.86. The summed E-state index contributed by atoms with van der Waals surface area (Å²) < 4.78 is 40.8. The normalized spacial score (nSPS) is 12.2. The number of aromatic nitrogens is 2. The first kappa shape index (κ1) is 20.2. The van der Waals surface area contributed by atoms with Crippen LogP contribution in [0.25, 0.3) is 11.0 Å². The van der Waals surface area contributed by atoms with Gasteiger partial charge in [0.1, 0.15) is 0 Å². The van der Waals surface area contributed by atoms with E-state index in [0.717, 1.165) is 41.6 Å². The van der Waals surface area contributed by atoms with Gasteiger partial charge in [0.15, 0.2) is 0 Å². The molecule has 0 fully saturated rings. The number of fused-ring (bicyclic) bond motifs is 1. The Balaban J connectivity index is 2.07. The minimum Gasteiger partial charge on any atom is -0.325 e. The molecular weight excluding hydrogens is 363 g/mol. The summed E-state index contributed by atoms with van der Waals surface area (Å²) in [4.78, 5) is 4.76. The highest BCUT2D eigenvalue weighted by molar-refractivity contribution is 5.86. The van der Waals surface area contributed by atoms with Gasteiger partial charge in [0.2, 0.25) is 5.95 Å². The van der Waals surface area contributed by atoms with Crippen LogP contribution in [0, 0.1) is 13.8 Å². The fourth-order valence-corrected chi connectivity index (χ4v) is 3.75. The van der Waals surface area contributed by atoms with Crippen LogP contribution in [0.3, 0.4) is 0 Å². The van der Waals surface area contributed by atoms with E-state index in [4.69, 9.17) is 4.98 Å². The molecule has 0 aliphatic heterocycles. The summed E-state index contributed by atoms with van der Waals surface area (Å²) in [5.41, 5.74) is 4.86. The molecule has 3 rings (SSSR count). The number of aryl methyl sites for hydroxylation is 3. The van der Waals surface area contributed by atoms with Gasteiger partial charge in [0.05, 0.1) is 16.6 Å². The SMILES string of the molecule is CCC(CC)c1ccc(C)c2nc(Nc3ccc(C(F)(F)F)cc3C)n(C)c12. The largest absolute Gasteiger partial charge is 0.416 e. The van der Waals surface area contributed by atoms with Crippen molar-refractivity contribution in [2.75, 3.05) is 5.32 Å². The molecule has 0 aliphatic rings. The summed E-state index contributed by atoms with van der Waals surface area (Å²) in [6.45, 7) is 8.06. The standard InChI is InChI=1S/C22H26F3N3/c1-6-15(7-2)17-10-8-13(3)19-20(17)28(5)21(27-19)26-18-11-9-16(12-14(18)4)22(23,24)25/h8-12,15H,6-7H2,1-5H3,(H,26,27). The van der Waals surface area contributed by atoms with Crippen molar-refractivity contribution < 1.29 is 13.2 Å². The fourth-order valence-electron chi connectivity index (χ4n) is 3.75. The second-order valence-corrected chi connectivity index (χ2v) is 7.33. The molecule has 28 heavy (non-hydrogen) atoms. The van der Waals surface area contributed by atoms with Gasteiger partial charge in [0, 0.05) is 12.7 Å². The first-order valence-corrected chi connectivity index (χ1v) is 9.58. The van der Waals surface area contributed by atoms with Crippen LogP contribution in [0.4, 0.5) is 24.8 Å².